The molecule has 1 saturated heterocycles. The van der Waals surface area contributed by atoms with Crippen LogP contribution >= 0.6 is 0 Å². The fourth-order valence-electron chi connectivity index (χ4n) is 4.73. The van der Waals surface area contributed by atoms with Gasteiger partial charge in [-0.15, -0.1) is 0 Å². The summed E-state index contributed by atoms with van der Waals surface area (Å²) in [6.45, 7) is 12.9. The molecular formula is C18H28N2. The van der Waals surface area contributed by atoms with Crippen molar-refractivity contribution in [2.45, 2.75) is 70.5 Å². The molecule has 2 heterocycles. The SMILES string of the molecule is CCCN1c2ccccc2C2C1CC(C)(C)NC2(C)C. The van der Waals surface area contributed by atoms with Crippen LogP contribution in [0.1, 0.15) is 58.9 Å². The number of benzene rings is 1. The molecule has 0 aliphatic carbocycles. The van der Waals surface area contributed by atoms with Gasteiger partial charge in [0.2, 0.25) is 0 Å². The number of rotatable bonds is 2. The third-order valence-corrected chi connectivity index (χ3v) is 4.99. The van der Waals surface area contributed by atoms with Crippen LogP contribution in [0.3, 0.4) is 0 Å². The molecule has 2 atom stereocenters. The molecule has 0 amide bonds. The molecule has 0 spiro atoms. The molecule has 2 aliphatic rings. The van der Waals surface area contributed by atoms with Crippen molar-refractivity contribution in [3.05, 3.63) is 29.8 Å². The smallest absolute Gasteiger partial charge is 0.0405 e. The van der Waals surface area contributed by atoms with Gasteiger partial charge in [-0.3, -0.25) is 0 Å². The van der Waals surface area contributed by atoms with Gasteiger partial charge in [-0.05, 0) is 52.2 Å². The minimum Gasteiger partial charge on any atom is -0.368 e. The van der Waals surface area contributed by atoms with E-state index in [9.17, 15) is 0 Å². The van der Waals surface area contributed by atoms with E-state index in [1.807, 2.05) is 0 Å². The second-order valence-corrected chi connectivity index (χ2v) is 7.73. The van der Waals surface area contributed by atoms with Crippen LogP contribution in [-0.2, 0) is 0 Å². The number of fused-ring (bicyclic) bond motifs is 3. The maximum absolute atomic E-state index is 3.88. The second-order valence-electron chi connectivity index (χ2n) is 7.73. The highest BCUT2D eigenvalue weighted by atomic mass is 15.2. The summed E-state index contributed by atoms with van der Waals surface area (Å²) in [7, 11) is 0. The Kier molecular flexibility index (Phi) is 3.13. The van der Waals surface area contributed by atoms with Crippen LogP contribution in [0.5, 0.6) is 0 Å². The highest BCUT2D eigenvalue weighted by Crippen LogP contribution is 2.51. The predicted molar refractivity (Wildman–Crippen MR) is 86.5 cm³/mol. The Balaban J connectivity index is 2.08. The van der Waals surface area contributed by atoms with E-state index in [0.29, 0.717) is 12.0 Å². The molecule has 2 aliphatic heterocycles. The van der Waals surface area contributed by atoms with Crippen molar-refractivity contribution in [1.29, 1.82) is 0 Å². The molecule has 20 heavy (non-hydrogen) atoms. The first-order valence-corrected chi connectivity index (χ1v) is 8.00. The molecule has 1 N–H and O–H groups in total. The lowest BCUT2D eigenvalue weighted by molar-refractivity contribution is 0.138. The number of piperidine rings is 1. The van der Waals surface area contributed by atoms with E-state index < -0.39 is 0 Å². The molecule has 2 unspecified atom stereocenters. The molecule has 0 radical (unpaired) electrons. The zero-order valence-electron chi connectivity index (χ0n) is 13.5. The van der Waals surface area contributed by atoms with Gasteiger partial charge < -0.3 is 10.2 Å². The zero-order chi connectivity index (χ0) is 14.5. The minimum atomic E-state index is 0.144. The van der Waals surface area contributed by atoms with Crippen LogP contribution in [-0.4, -0.2) is 23.7 Å². The molecule has 2 nitrogen and oxygen atoms in total. The van der Waals surface area contributed by atoms with Gasteiger partial charge >= 0.3 is 0 Å². The second kappa shape index (κ2) is 4.49. The first-order valence-electron chi connectivity index (χ1n) is 8.00. The molecule has 110 valence electrons. The summed E-state index contributed by atoms with van der Waals surface area (Å²) in [5, 5.41) is 3.88. The molecule has 1 fully saturated rings. The highest BCUT2D eigenvalue weighted by molar-refractivity contribution is 5.63. The standard InChI is InChI=1S/C18H28N2/c1-6-11-20-14-10-8-7-9-13(14)16-15(20)12-17(2,3)19-18(16,4)5/h7-10,15-16,19H,6,11-12H2,1-5H3. The zero-order valence-corrected chi connectivity index (χ0v) is 13.5. The Morgan fingerprint density at radius 3 is 2.60 bits per heavy atom. The van der Waals surface area contributed by atoms with E-state index in [1.165, 1.54) is 25.1 Å². The molecular weight excluding hydrogens is 244 g/mol. The summed E-state index contributed by atoms with van der Waals surface area (Å²) in [4.78, 5) is 2.67. The van der Waals surface area contributed by atoms with E-state index in [-0.39, 0.29) is 11.1 Å². The van der Waals surface area contributed by atoms with Gasteiger partial charge in [-0.2, -0.15) is 0 Å². The lowest BCUT2D eigenvalue weighted by Gasteiger charge is -2.51. The van der Waals surface area contributed by atoms with E-state index >= 15 is 0 Å². The van der Waals surface area contributed by atoms with Gasteiger partial charge in [-0.1, -0.05) is 25.1 Å². The van der Waals surface area contributed by atoms with Crippen LogP contribution in [0.15, 0.2) is 24.3 Å². The number of para-hydroxylation sites is 1. The summed E-state index contributed by atoms with van der Waals surface area (Å²) >= 11 is 0. The summed E-state index contributed by atoms with van der Waals surface area (Å²) in [6, 6.07) is 9.67. The van der Waals surface area contributed by atoms with Crippen molar-refractivity contribution in [2.24, 2.45) is 0 Å². The van der Waals surface area contributed by atoms with Crippen LogP contribution in [0.4, 0.5) is 5.69 Å². The van der Waals surface area contributed by atoms with Gasteiger partial charge in [0.1, 0.15) is 0 Å². The van der Waals surface area contributed by atoms with E-state index in [4.69, 9.17) is 0 Å². The summed E-state index contributed by atoms with van der Waals surface area (Å²) in [6.07, 6.45) is 2.43. The first kappa shape index (κ1) is 13.9. The number of nitrogens with zero attached hydrogens (tertiary/aromatic N) is 1. The van der Waals surface area contributed by atoms with Gasteiger partial charge in [-0.25, -0.2) is 0 Å². The van der Waals surface area contributed by atoms with Gasteiger partial charge in [0.15, 0.2) is 0 Å². The fourth-order valence-corrected chi connectivity index (χ4v) is 4.73. The van der Waals surface area contributed by atoms with Crippen LogP contribution < -0.4 is 10.2 Å². The fraction of sp³-hybridized carbons (Fsp3) is 0.667. The third-order valence-electron chi connectivity index (χ3n) is 4.99. The molecule has 0 bridgehead atoms. The molecule has 3 rings (SSSR count). The Morgan fingerprint density at radius 1 is 1.20 bits per heavy atom. The quantitative estimate of drug-likeness (QED) is 0.878. The lowest BCUT2D eigenvalue weighted by atomic mass is 9.70. The largest absolute Gasteiger partial charge is 0.368 e. The Labute approximate surface area is 123 Å². The molecule has 2 heteroatoms. The summed E-state index contributed by atoms with van der Waals surface area (Å²) in [5.74, 6) is 0.596. The van der Waals surface area contributed by atoms with Crippen molar-refractivity contribution >= 4 is 5.69 Å². The van der Waals surface area contributed by atoms with Gasteiger partial charge in [0.25, 0.3) is 0 Å². The predicted octanol–water partition coefficient (Wildman–Crippen LogP) is 3.92. The maximum Gasteiger partial charge on any atom is 0.0405 e. The molecule has 0 saturated carbocycles. The Hall–Kier alpha value is -1.02. The first-order chi connectivity index (χ1) is 9.36. The van der Waals surface area contributed by atoms with Crippen LogP contribution in [0, 0.1) is 0 Å². The van der Waals surface area contributed by atoms with Crippen molar-refractivity contribution < 1.29 is 0 Å². The number of nitrogens with one attached hydrogen (secondary N) is 1. The highest BCUT2D eigenvalue weighted by Gasteiger charge is 2.52. The van der Waals surface area contributed by atoms with Crippen molar-refractivity contribution in [1.82, 2.24) is 5.32 Å². The lowest BCUT2D eigenvalue weighted by Crippen LogP contribution is -2.64. The Bertz CT molecular complexity index is 504. The average molecular weight is 272 g/mol. The van der Waals surface area contributed by atoms with Gasteiger partial charge in [0.05, 0.1) is 0 Å². The normalized spacial score (nSPS) is 29.9. The summed E-state index contributed by atoms with van der Waals surface area (Å²) in [5.41, 5.74) is 3.36. The minimum absolute atomic E-state index is 0.144. The average Bonchev–Trinajstić information content (AvgIpc) is 2.62. The number of hydrogen-bond acceptors (Lipinski definition) is 2. The Morgan fingerprint density at radius 2 is 1.90 bits per heavy atom. The third kappa shape index (κ3) is 2.05. The topological polar surface area (TPSA) is 15.3 Å². The number of hydrogen-bond donors (Lipinski definition) is 1. The van der Waals surface area contributed by atoms with Crippen molar-refractivity contribution in [3.63, 3.8) is 0 Å². The summed E-state index contributed by atoms with van der Waals surface area (Å²) < 4.78 is 0. The van der Waals surface area contributed by atoms with Crippen LogP contribution in [0.2, 0.25) is 0 Å². The number of anilines is 1. The molecule has 1 aromatic rings. The maximum atomic E-state index is 3.88. The van der Waals surface area contributed by atoms with E-state index in [0.717, 1.165) is 0 Å². The molecule has 0 aromatic heterocycles. The van der Waals surface area contributed by atoms with Crippen molar-refractivity contribution in [2.75, 3.05) is 11.4 Å². The van der Waals surface area contributed by atoms with Crippen molar-refractivity contribution in [3.8, 4) is 0 Å². The molecule has 1 aromatic carbocycles. The monoisotopic (exact) mass is 272 g/mol. The van der Waals surface area contributed by atoms with E-state index in [2.05, 4.69) is 69.1 Å². The van der Waals surface area contributed by atoms with E-state index in [1.54, 1.807) is 5.56 Å². The van der Waals surface area contributed by atoms with Crippen LogP contribution in [0.25, 0.3) is 0 Å². The van der Waals surface area contributed by atoms with Gasteiger partial charge in [0, 0.05) is 35.3 Å².